The third kappa shape index (κ3) is 5.58. The van der Waals surface area contributed by atoms with E-state index < -0.39 is 95.1 Å². The van der Waals surface area contributed by atoms with E-state index in [4.69, 9.17) is 0 Å². The molecular weight excluding hydrogens is 612 g/mol. The van der Waals surface area contributed by atoms with Crippen LogP contribution in [0.2, 0.25) is 0 Å². The number of benzene rings is 3. The van der Waals surface area contributed by atoms with Gasteiger partial charge < -0.3 is 0 Å². The van der Waals surface area contributed by atoms with E-state index in [0.717, 1.165) is 6.07 Å². The average molecular weight is 617 g/mol. The van der Waals surface area contributed by atoms with E-state index in [1.807, 2.05) is 0 Å². The molecule has 3 rings (SSSR count). The van der Waals surface area contributed by atoms with Gasteiger partial charge in [-0.25, -0.2) is 0 Å². The second-order valence-electron chi connectivity index (χ2n) is 8.74. The van der Waals surface area contributed by atoms with Gasteiger partial charge in [0.05, 0.1) is 91.6 Å². The Kier molecular flexibility index (Phi) is 8.81. The zero-order valence-electron chi connectivity index (χ0n) is 22.2. The van der Waals surface area contributed by atoms with Gasteiger partial charge in [0, 0.05) is 21.6 Å². The molecule has 0 unspecified atom stereocenters. The summed E-state index contributed by atoms with van der Waals surface area (Å²) in [4.78, 5) is 0. The van der Waals surface area contributed by atoms with Crippen LogP contribution >= 0.6 is 0 Å². The zero-order chi connectivity index (χ0) is 34.6. The lowest BCUT2D eigenvalue weighted by Crippen LogP contribution is -2.27. The summed E-state index contributed by atoms with van der Waals surface area (Å²) in [6, 6.07) is 15.6. The highest BCUT2D eigenvalue weighted by Crippen LogP contribution is 2.35. The molecule has 0 fully saturated rings. The minimum Gasteiger partial charge on any atom is -0.192 e. The van der Waals surface area contributed by atoms with Crippen molar-refractivity contribution in [1.82, 2.24) is 0 Å². The van der Waals surface area contributed by atoms with Gasteiger partial charge in [-0.2, -0.15) is 73.7 Å². The molecule has 0 aromatic heterocycles. The third-order valence-corrected chi connectivity index (χ3v) is 6.33. The Balaban J connectivity index is 2.77. The maximum Gasteiger partial charge on any atom is 0.416 e. The van der Waals surface area contributed by atoms with Gasteiger partial charge in [-0.1, -0.05) is 0 Å². The normalized spacial score (nSPS) is 11.8. The molecule has 0 spiro atoms. The lowest BCUT2D eigenvalue weighted by molar-refractivity contribution is -0.138. The van der Waals surface area contributed by atoms with E-state index >= 15 is 0 Å². The minimum absolute atomic E-state index is 0.324. The second-order valence-corrected chi connectivity index (χ2v) is 8.74. The number of halogens is 6. The summed E-state index contributed by atoms with van der Waals surface area (Å²) in [5.41, 5.74) is -11.6. The highest BCUT2D eigenvalue weighted by Gasteiger charge is 2.34. The first-order chi connectivity index (χ1) is 21.7. The third-order valence-electron chi connectivity index (χ3n) is 6.33. The smallest absolute Gasteiger partial charge is 0.192 e. The lowest BCUT2D eigenvalue weighted by Gasteiger charge is -2.13. The highest BCUT2D eigenvalue weighted by molar-refractivity contribution is 5.88. The Hall–Kier alpha value is -7.61. The fraction of sp³-hybridized carbons (Fsp3) is 0.0645. The standard InChI is InChI=1S/C31H5F6N9/c32-30(33,34)20-1-15(6-38)27(16(2-20)7-39)24(12-44)22-5-19(10-42)29(25(13-45)23(22)11-43)26(14-46)28-17(8-40)3-21(31(35,36)37)4-18(28)9-41/h1-5H/b24-22+,29-26+. The van der Waals surface area contributed by atoms with Crippen LogP contribution in [0, 0.1) is 102 Å². The fourth-order valence-electron chi connectivity index (χ4n) is 4.45. The van der Waals surface area contributed by atoms with E-state index in [0.29, 0.717) is 24.3 Å². The molecule has 3 aromatic carbocycles. The topological polar surface area (TPSA) is 214 Å². The summed E-state index contributed by atoms with van der Waals surface area (Å²) in [7, 11) is 0. The van der Waals surface area contributed by atoms with Crippen molar-refractivity contribution in [2.75, 3.05) is 0 Å². The van der Waals surface area contributed by atoms with Crippen molar-refractivity contribution < 1.29 is 26.3 Å². The Morgan fingerprint density at radius 3 is 1.07 bits per heavy atom. The maximum atomic E-state index is 13.4. The van der Waals surface area contributed by atoms with Crippen LogP contribution in [0.5, 0.6) is 0 Å². The number of hydrogen-bond donors (Lipinski definition) is 0. The van der Waals surface area contributed by atoms with Crippen molar-refractivity contribution in [3.05, 3.63) is 102 Å². The quantitative estimate of drug-likeness (QED) is 0.375. The Labute approximate surface area is 253 Å². The molecule has 9 nitrogen and oxygen atoms in total. The predicted molar refractivity (Wildman–Crippen MR) is 138 cm³/mol. The van der Waals surface area contributed by atoms with Crippen molar-refractivity contribution in [2.45, 2.75) is 12.4 Å². The number of hydrogen-bond acceptors (Lipinski definition) is 9. The average Bonchev–Trinajstić information content (AvgIpc) is 3.03. The fourth-order valence-corrected chi connectivity index (χ4v) is 4.45. The molecule has 0 radical (unpaired) electrons. The predicted octanol–water partition coefficient (Wildman–Crippen LogP) is 4.27. The minimum atomic E-state index is -5.03. The van der Waals surface area contributed by atoms with Gasteiger partial charge in [-0.15, -0.1) is 0 Å². The van der Waals surface area contributed by atoms with Gasteiger partial charge >= 0.3 is 12.4 Å². The molecule has 0 bridgehead atoms. The largest absolute Gasteiger partial charge is 0.416 e. The molecular formula is C31H5F6N9. The van der Waals surface area contributed by atoms with E-state index in [2.05, 4.69) is 0 Å². The zero-order valence-corrected chi connectivity index (χ0v) is 22.2. The summed E-state index contributed by atoms with van der Waals surface area (Å²) in [5, 5.41) is 87.4. The number of nitrogens with zero attached hydrogens (tertiary/aromatic N) is 9. The molecule has 0 amide bonds. The number of nitriles is 9. The van der Waals surface area contributed by atoms with Gasteiger partial charge in [-0.3, -0.25) is 0 Å². The summed E-state index contributed by atoms with van der Waals surface area (Å²) in [5.74, 6) is 0. The lowest BCUT2D eigenvalue weighted by atomic mass is 9.86. The second kappa shape index (κ2) is 12.3. The van der Waals surface area contributed by atoms with Crippen LogP contribution in [0.25, 0.3) is 11.1 Å². The molecule has 0 saturated carbocycles. The van der Waals surface area contributed by atoms with Gasteiger partial charge in [0.1, 0.15) is 24.3 Å². The van der Waals surface area contributed by atoms with Gasteiger partial charge in [0.25, 0.3) is 0 Å². The summed E-state index contributed by atoms with van der Waals surface area (Å²) >= 11 is 0. The van der Waals surface area contributed by atoms with Crippen molar-refractivity contribution in [3.8, 4) is 54.6 Å². The molecule has 46 heavy (non-hydrogen) atoms. The van der Waals surface area contributed by atoms with Gasteiger partial charge in [0.2, 0.25) is 0 Å². The van der Waals surface area contributed by atoms with Gasteiger partial charge in [-0.05, 0) is 30.3 Å². The van der Waals surface area contributed by atoms with Crippen LogP contribution in [0.1, 0.15) is 61.2 Å². The monoisotopic (exact) mass is 617 g/mol. The summed E-state index contributed by atoms with van der Waals surface area (Å²) in [6.45, 7) is 0. The van der Waals surface area contributed by atoms with E-state index in [9.17, 15) is 73.7 Å². The molecule has 0 aliphatic heterocycles. The molecule has 216 valence electrons. The van der Waals surface area contributed by atoms with Crippen molar-refractivity contribution in [1.29, 1.82) is 47.4 Å². The Bertz CT molecular complexity index is 2320. The number of alkyl halides is 6. The van der Waals surface area contributed by atoms with Crippen LogP contribution in [-0.2, 0) is 12.4 Å². The molecule has 0 aliphatic carbocycles. The van der Waals surface area contributed by atoms with Crippen LogP contribution in [-0.4, -0.2) is 0 Å². The van der Waals surface area contributed by atoms with Gasteiger partial charge in [0.15, 0.2) is 0 Å². The van der Waals surface area contributed by atoms with Crippen LogP contribution in [0.3, 0.4) is 0 Å². The van der Waals surface area contributed by atoms with E-state index in [1.54, 1.807) is 30.3 Å². The number of rotatable bonds is 2. The van der Waals surface area contributed by atoms with E-state index in [1.165, 1.54) is 24.3 Å². The SMILES string of the molecule is N#C/C(c1c(C#N)cc(C(F)(F)F)cc1C#N)=c1/cc(C#N)/c(=C(/C#N)c2c(C#N)cc(C(F)(F)F)cc2C#N)c(C#N)c1C#N. The first kappa shape index (κ1) is 32.9. The summed E-state index contributed by atoms with van der Waals surface area (Å²) in [6.07, 6.45) is -10.0. The molecule has 0 saturated heterocycles. The Morgan fingerprint density at radius 2 is 0.783 bits per heavy atom. The molecule has 0 atom stereocenters. The maximum absolute atomic E-state index is 13.4. The molecule has 3 aromatic rings. The van der Waals surface area contributed by atoms with Crippen LogP contribution < -0.4 is 10.4 Å². The summed E-state index contributed by atoms with van der Waals surface area (Å²) < 4.78 is 80.6. The Morgan fingerprint density at radius 1 is 0.435 bits per heavy atom. The van der Waals surface area contributed by atoms with E-state index in [-0.39, 0.29) is 0 Å². The van der Waals surface area contributed by atoms with Crippen LogP contribution in [0.15, 0.2) is 30.3 Å². The molecule has 15 heteroatoms. The molecule has 0 N–H and O–H groups in total. The van der Waals surface area contributed by atoms with Crippen molar-refractivity contribution in [2.24, 2.45) is 0 Å². The molecule has 0 heterocycles. The first-order valence-corrected chi connectivity index (χ1v) is 11.8. The van der Waals surface area contributed by atoms with Crippen LogP contribution in [0.4, 0.5) is 26.3 Å². The highest BCUT2D eigenvalue weighted by atomic mass is 19.4. The van der Waals surface area contributed by atoms with Crippen molar-refractivity contribution in [3.63, 3.8) is 0 Å². The first-order valence-electron chi connectivity index (χ1n) is 11.8. The van der Waals surface area contributed by atoms with Crippen molar-refractivity contribution >= 4 is 11.1 Å². The molecule has 0 aliphatic rings.